The monoisotopic (exact) mass is 1260 g/mol. The van der Waals surface area contributed by atoms with Crippen molar-refractivity contribution in [3.63, 3.8) is 0 Å². The van der Waals surface area contributed by atoms with Crippen LogP contribution in [-0.4, -0.2) is 0 Å². The van der Waals surface area contributed by atoms with Crippen molar-refractivity contribution in [2.24, 2.45) is 0 Å². The number of hydrogen-bond acceptors (Lipinski definition) is 0. The van der Waals surface area contributed by atoms with Crippen LogP contribution < -0.4 is 0 Å². The van der Waals surface area contributed by atoms with Gasteiger partial charge >= 0.3 is 0 Å². The number of benzene rings is 20. The van der Waals surface area contributed by atoms with Crippen molar-refractivity contribution < 1.29 is 0 Å². The summed E-state index contributed by atoms with van der Waals surface area (Å²) in [5, 5.41) is 25.4. The van der Waals surface area contributed by atoms with E-state index in [0.29, 0.717) is 0 Å². The minimum atomic E-state index is 1.22. The lowest BCUT2D eigenvalue weighted by molar-refractivity contribution is 1.62. The van der Waals surface area contributed by atoms with Crippen LogP contribution >= 0.6 is 0 Å². The average molecular weight is 1270 g/mol. The summed E-state index contributed by atoms with van der Waals surface area (Å²) >= 11 is 0. The largest absolute Gasteiger partial charge is 0.0622 e. The smallest absolute Gasteiger partial charge is 0.00988 e. The molecule has 0 aliphatic carbocycles. The van der Waals surface area contributed by atoms with Crippen molar-refractivity contribution in [2.75, 3.05) is 0 Å². The molecule has 0 spiro atoms. The highest BCUT2D eigenvalue weighted by Crippen LogP contribution is 2.42. The van der Waals surface area contributed by atoms with Crippen LogP contribution in [0, 0.1) is 0 Å². The highest BCUT2D eigenvalue weighted by Gasteiger charge is 2.15. The Morgan fingerprint density at radius 3 is 0.600 bits per heavy atom. The quantitative estimate of drug-likeness (QED) is 0.133. The molecule has 0 aromatic heterocycles. The van der Waals surface area contributed by atoms with Crippen LogP contribution in [0.3, 0.4) is 0 Å². The molecule has 0 aliphatic heterocycles. The summed E-state index contributed by atoms with van der Waals surface area (Å²) in [5.41, 5.74) is 19.9. The summed E-state index contributed by atoms with van der Waals surface area (Å²) in [6, 6.07) is 143. The molecule has 0 radical (unpaired) electrons. The zero-order chi connectivity index (χ0) is 66.0. The van der Waals surface area contributed by atoms with Gasteiger partial charge in [-0.1, -0.05) is 309 Å². The molecule has 0 heterocycles. The first-order valence-corrected chi connectivity index (χ1v) is 34.7. The van der Waals surface area contributed by atoms with Crippen LogP contribution in [0.4, 0.5) is 0 Å². The Balaban J connectivity index is 0.000000141. The van der Waals surface area contributed by atoms with Crippen molar-refractivity contribution in [2.45, 2.75) is 0 Å². The lowest BCUT2D eigenvalue weighted by Crippen LogP contribution is -1.86. The first kappa shape index (κ1) is 58.4. The summed E-state index contributed by atoms with van der Waals surface area (Å²) in [6.45, 7) is 0. The Morgan fingerprint density at radius 1 is 0.0900 bits per heavy atom. The van der Waals surface area contributed by atoms with Crippen LogP contribution in [0.2, 0.25) is 0 Å². The molecule has 0 fully saturated rings. The van der Waals surface area contributed by atoms with E-state index in [1.807, 2.05) is 0 Å². The fourth-order valence-electron chi connectivity index (χ4n) is 15.6. The second-order valence-corrected chi connectivity index (χ2v) is 26.7. The lowest BCUT2D eigenvalue weighted by atomic mass is 9.91. The molecule has 20 rings (SSSR count). The zero-order valence-electron chi connectivity index (χ0n) is 55.0. The first-order chi connectivity index (χ1) is 49.5. The van der Waals surface area contributed by atoms with Gasteiger partial charge in [-0.05, 0) is 276 Å². The lowest BCUT2D eigenvalue weighted by Gasteiger charge is -2.13. The third-order valence-electron chi connectivity index (χ3n) is 20.8. The van der Waals surface area contributed by atoms with E-state index in [2.05, 4.69) is 388 Å². The molecule has 464 valence electrons. The molecular formula is C100H64. The predicted octanol–water partition coefficient (Wildman–Crippen LogP) is 28.2. The standard InChI is InChI=1S/C54H34.C46H30/c1-3-14-47-44(10-1)33-53(51-18-7-5-16-49(47)51)43-13-9-12-35(31-43)36-20-21-38-29-39(23-22-37(38)28-36)40-24-25-42-32-46(27-26-41(42)30-40)54-34-45-11-2-4-15-48(45)50-17-6-8-19-52(50)54;1-2-9-31(10-3-1)33-17-18-36-27-39(22-21-35(36)25-33)40-24-23-37-26-34(19-20-38(37)28-40)32-12-8-13-41(29-32)46-30-42-11-4-5-14-43(42)44-15-6-7-16-45(44)46/h1-34H;1-30H. The van der Waals surface area contributed by atoms with Gasteiger partial charge in [0.1, 0.15) is 0 Å². The molecule has 0 amide bonds. The Bertz CT molecular complexity index is 6650. The summed E-state index contributed by atoms with van der Waals surface area (Å²) < 4.78 is 0. The van der Waals surface area contributed by atoms with E-state index in [1.165, 1.54) is 197 Å². The van der Waals surface area contributed by atoms with Gasteiger partial charge < -0.3 is 0 Å². The maximum Gasteiger partial charge on any atom is -0.00988 e. The van der Waals surface area contributed by atoms with Gasteiger partial charge in [0.05, 0.1) is 0 Å². The van der Waals surface area contributed by atoms with Crippen LogP contribution in [0.5, 0.6) is 0 Å². The predicted molar refractivity (Wildman–Crippen MR) is 431 cm³/mol. The SMILES string of the molecule is c1cc(-c2ccc3cc(-c4ccc5cc(-c6cc7ccccc7c7ccccc67)ccc5c4)ccc3c2)cc(-c2cc3ccccc3c3ccccc23)c1.c1ccc(-c2ccc3cc(-c4ccc5cc(-c6cccc(-c7cc8ccccc8c8ccccc78)c6)ccc5c4)ccc3c2)cc1. The molecule has 20 aromatic carbocycles. The van der Waals surface area contributed by atoms with Crippen molar-refractivity contribution >= 4 is 108 Å². The topological polar surface area (TPSA) is 0 Å². The van der Waals surface area contributed by atoms with Gasteiger partial charge in [0.2, 0.25) is 0 Å². The van der Waals surface area contributed by atoms with Gasteiger partial charge in [-0.15, -0.1) is 0 Å². The average Bonchev–Trinajstić information content (AvgIpc) is 0.768. The van der Waals surface area contributed by atoms with E-state index >= 15 is 0 Å². The van der Waals surface area contributed by atoms with E-state index < -0.39 is 0 Å². The number of rotatable bonds is 8. The highest BCUT2D eigenvalue weighted by molar-refractivity contribution is 6.17. The van der Waals surface area contributed by atoms with Crippen molar-refractivity contribution in [1.29, 1.82) is 0 Å². The van der Waals surface area contributed by atoms with Crippen molar-refractivity contribution in [1.82, 2.24) is 0 Å². The van der Waals surface area contributed by atoms with Gasteiger partial charge in [0.25, 0.3) is 0 Å². The fourth-order valence-corrected chi connectivity index (χ4v) is 15.6. The van der Waals surface area contributed by atoms with Crippen molar-refractivity contribution in [3.05, 3.63) is 388 Å². The third kappa shape index (κ3) is 10.7. The summed E-state index contributed by atoms with van der Waals surface area (Å²) in [6.07, 6.45) is 0. The Labute approximate surface area is 581 Å². The molecule has 0 heteroatoms. The van der Waals surface area contributed by atoms with Gasteiger partial charge in [0, 0.05) is 0 Å². The van der Waals surface area contributed by atoms with Crippen LogP contribution in [0.15, 0.2) is 388 Å². The van der Waals surface area contributed by atoms with Crippen LogP contribution in [0.25, 0.3) is 197 Å². The van der Waals surface area contributed by atoms with E-state index in [1.54, 1.807) is 0 Å². The van der Waals surface area contributed by atoms with E-state index in [0.717, 1.165) is 0 Å². The van der Waals surface area contributed by atoms with Gasteiger partial charge in [0.15, 0.2) is 0 Å². The second kappa shape index (κ2) is 24.6. The summed E-state index contributed by atoms with van der Waals surface area (Å²) in [5.74, 6) is 0. The number of hydrogen-bond donors (Lipinski definition) is 0. The van der Waals surface area contributed by atoms with E-state index in [-0.39, 0.29) is 0 Å². The van der Waals surface area contributed by atoms with Gasteiger partial charge in [-0.3, -0.25) is 0 Å². The minimum Gasteiger partial charge on any atom is -0.0622 e. The molecular weight excluding hydrogens is 1200 g/mol. The molecule has 0 atom stereocenters. The molecule has 0 nitrogen and oxygen atoms in total. The molecule has 0 unspecified atom stereocenters. The normalized spacial score (nSPS) is 11.6. The molecule has 0 bridgehead atoms. The van der Waals surface area contributed by atoms with Gasteiger partial charge in [-0.2, -0.15) is 0 Å². The Hall–Kier alpha value is -13.0. The highest BCUT2D eigenvalue weighted by atomic mass is 14.2. The van der Waals surface area contributed by atoms with Crippen LogP contribution in [-0.2, 0) is 0 Å². The van der Waals surface area contributed by atoms with Gasteiger partial charge in [-0.25, -0.2) is 0 Å². The zero-order valence-corrected chi connectivity index (χ0v) is 55.0. The maximum atomic E-state index is 2.34. The summed E-state index contributed by atoms with van der Waals surface area (Å²) in [4.78, 5) is 0. The minimum absolute atomic E-state index is 1.22. The molecule has 0 saturated heterocycles. The Morgan fingerprint density at radius 2 is 0.290 bits per heavy atom. The molecule has 100 heavy (non-hydrogen) atoms. The third-order valence-corrected chi connectivity index (χ3v) is 20.8. The first-order valence-electron chi connectivity index (χ1n) is 34.7. The van der Waals surface area contributed by atoms with E-state index in [9.17, 15) is 0 Å². The van der Waals surface area contributed by atoms with Crippen molar-refractivity contribution in [3.8, 4) is 89.0 Å². The Kier molecular flexibility index (Phi) is 14.3. The van der Waals surface area contributed by atoms with E-state index in [4.69, 9.17) is 0 Å². The molecule has 0 N–H and O–H groups in total. The summed E-state index contributed by atoms with van der Waals surface area (Å²) in [7, 11) is 0. The molecule has 20 aromatic rings. The van der Waals surface area contributed by atoms with Crippen LogP contribution in [0.1, 0.15) is 0 Å². The fraction of sp³-hybridized carbons (Fsp3) is 0. The maximum absolute atomic E-state index is 2.34. The molecule has 0 aliphatic rings. The second-order valence-electron chi connectivity index (χ2n) is 26.7. The number of fused-ring (bicyclic) bond motifs is 13. The molecule has 0 saturated carbocycles.